The molecule has 0 spiro atoms. The van der Waals surface area contributed by atoms with Crippen molar-refractivity contribution in [2.75, 3.05) is 0 Å². The average molecular weight is 813 g/mol. The van der Waals surface area contributed by atoms with Crippen LogP contribution >= 0.6 is 0 Å². The molecule has 8 aromatic rings. The van der Waals surface area contributed by atoms with E-state index in [1.54, 1.807) is 9.13 Å². The summed E-state index contributed by atoms with van der Waals surface area (Å²) in [6.45, 7) is 24.8. The molecule has 310 valence electrons. The first-order chi connectivity index (χ1) is 27.7. The topological polar surface area (TPSA) is 9.86 Å². The van der Waals surface area contributed by atoms with Crippen LogP contribution in [0.3, 0.4) is 0 Å². The monoisotopic (exact) mass is 812 g/mol. The number of alkyl halides is 3. The number of halogens is 5. The van der Waals surface area contributed by atoms with Gasteiger partial charge in [-0.3, -0.25) is 0 Å². The molecule has 0 amide bonds. The standard InChI is InChI=1S/C53H53F5N2/c1-49(2,3)31-16-20-35-36-21-17-32(50(4,5)6)27-42(36)59(41(35)26-31)45-24-30(47-39(54)14-13-15-40(47)55)25-46(48(45)53(56,57)58)60-43-28-33(51(7,8)9)18-22-37(43)38-23-19-34(29-44(38)60)52(10,11)12/h13-29H,1-12H3. The lowest BCUT2D eigenvalue weighted by atomic mass is 9.86. The molecule has 0 saturated carbocycles. The molecule has 6 aromatic carbocycles. The third-order valence-electron chi connectivity index (χ3n) is 12.1. The van der Waals surface area contributed by atoms with Crippen LogP contribution in [-0.2, 0) is 27.8 Å². The van der Waals surface area contributed by atoms with E-state index in [-0.39, 0.29) is 38.6 Å². The van der Waals surface area contributed by atoms with Crippen LogP contribution in [0, 0.1) is 11.6 Å². The summed E-state index contributed by atoms with van der Waals surface area (Å²) in [7, 11) is 0. The number of nitrogens with zero attached hydrogens (tertiary/aromatic N) is 2. The van der Waals surface area contributed by atoms with Crippen molar-refractivity contribution in [3.8, 4) is 22.5 Å². The minimum absolute atomic E-state index is 0.00787. The van der Waals surface area contributed by atoms with Gasteiger partial charge in [-0.25, -0.2) is 8.78 Å². The van der Waals surface area contributed by atoms with Crippen LogP contribution in [-0.4, -0.2) is 9.13 Å². The number of hydrogen-bond donors (Lipinski definition) is 0. The van der Waals surface area contributed by atoms with Crippen molar-refractivity contribution in [1.82, 2.24) is 9.13 Å². The molecular formula is C53H53F5N2. The number of benzene rings is 6. The van der Waals surface area contributed by atoms with E-state index in [1.165, 1.54) is 18.2 Å². The van der Waals surface area contributed by atoms with E-state index in [1.807, 2.05) is 72.8 Å². The maximum atomic E-state index is 16.7. The minimum atomic E-state index is -4.94. The lowest BCUT2D eigenvalue weighted by Crippen LogP contribution is -2.17. The van der Waals surface area contributed by atoms with Crippen molar-refractivity contribution in [2.24, 2.45) is 0 Å². The molecule has 0 unspecified atom stereocenters. The van der Waals surface area contributed by atoms with E-state index in [9.17, 15) is 0 Å². The van der Waals surface area contributed by atoms with Gasteiger partial charge < -0.3 is 9.13 Å². The fourth-order valence-corrected chi connectivity index (χ4v) is 8.60. The summed E-state index contributed by atoms with van der Waals surface area (Å²) in [5, 5.41) is 3.10. The Hall–Kier alpha value is -5.43. The zero-order valence-corrected chi connectivity index (χ0v) is 36.6. The molecule has 0 aliphatic heterocycles. The zero-order chi connectivity index (χ0) is 43.6. The summed E-state index contributed by atoms with van der Waals surface area (Å²) >= 11 is 0. The SMILES string of the molecule is CC(C)(C)c1ccc2c3ccc(C(C)(C)C)cc3n(-c3cc(-c4c(F)cccc4F)cc(-n4c5cc(C(C)(C)C)ccc5c5ccc(C(C)(C)C)cc54)c3C(F)(F)F)c2c1. The Balaban J connectivity index is 1.66. The second kappa shape index (κ2) is 13.5. The van der Waals surface area contributed by atoms with Crippen molar-refractivity contribution in [3.63, 3.8) is 0 Å². The van der Waals surface area contributed by atoms with Gasteiger partial charge in [-0.2, -0.15) is 13.2 Å². The first-order valence-electron chi connectivity index (χ1n) is 20.6. The average Bonchev–Trinajstić information content (AvgIpc) is 3.63. The summed E-state index contributed by atoms with van der Waals surface area (Å²) in [6.07, 6.45) is -4.94. The smallest absolute Gasteiger partial charge is 0.309 e. The van der Waals surface area contributed by atoms with Gasteiger partial charge in [0.15, 0.2) is 0 Å². The maximum absolute atomic E-state index is 16.7. The van der Waals surface area contributed by atoms with Crippen LogP contribution in [0.5, 0.6) is 0 Å². The normalized spacial score (nSPS) is 13.4. The number of aromatic nitrogens is 2. The summed E-state index contributed by atoms with van der Waals surface area (Å²) in [5.74, 6) is -1.74. The first kappa shape index (κ1) is 41.3. The lowest BCUT2D eigenvalue weighted by Gasteiger charge is -2.25. The van der Waals surface area contributed by atoms with Gasteiger partial charge >= 0.3 is 6.18 Å². The summed E-state index contributed by atoms with van der Waals surface area (Å²) < 4.78 is 85.6. The van der Waals surface area contributed by atoms with Crippen LogP contribution in [0.25, 0.3) is 66.1 Å². The van der Waals surface area contributed by atoms with Gasteiger partial charge in [0, 0.05) is 21.5 Å². The molecule has 7 heteroatoms. The van der Waals surface area contributed by atoms with E-state index in [2.05, 4.69) is 83.1 Å². The number of fused-ring (bicyclic) bond motifs is 6. The highest BCUT2D eigenvalue weighted by atomic mass is 19.4. The van der Waals surface area contributed by atoms with Crippen LogP contribution in [0.4, 0.5) is 22.0 Å². The second-order valence-electron chi connectivity index (χ2n) is 20.6. The molecule has 0 saturated heterocycles. The Bertz CT molecular complexity index is 2680. The predicted octanol–water partition coefficient (Wildman–Crippen LogP) is 16.0. The van der Waals surface area contributed by atoms with Gasteiger partial charge in [0.1, 0.15) is 17.2 Å². The number of rotatable bonds is 3. The molecule has 0 aliphatic carbocycles. The highest BCUT2D eigenvalue weighted by Crippen LogP contribution is 2.48. The van der Waals surface area contributed by atoms with Crippen LogP contribution in [0.1, 0.15) is 111 Å². The third kappa shape index (κ3) is 6.88. The van der Waals surface area contributed by atoms with E-state index in [4.69, 9.17) is 0 Å². The van der Waals surface area contributed by atoms with E-state index in [0.717, 1.165) is 55.9 Å². The van der Waals surface area contributed by atoms with E-state index in [0.29, 0.717) is 22.1 Å². The molecule has 2 aromatic heterocycles. The van der Waals surface area contributed by atoms with E-state index < -0.39 is 28.9 Å². The molecule has 2 nitrogen and oxygen atoms in total. The van der Waals surface area contributed by atoms with Gasteiger partial charge in [0.2, 0.25) is 0 Å². The molecule has 60 heavy (non-hydrogen) atoms. The molecule has 8 rings (SSSR count). The fraction of sp³-hybridized carbons (Fsp3) is 0.321. The van der Waals surface area contributed by atoms with Gasteiger partial charge in [0.05, 0.1) is 39.0 Å². The Kier molecular flexibility index (Phi) is 9.32. The molecule has 0 aliphatic rings. The highest BCUT2D eigenvalue weighted by molar-refractivity contribution is 6.11. The fourth-order valence-electron chi connectivity index (χ4n) is 8.60. The quantitative estimate of drug-likeness (QED) is 0.157. The molecular weight excluding hydrogens is 760 g/mol. The molecule has 2 heterocycles. The second-order valence-corrected chi connectivity index (χ2v) is 20.6. The van der Waals surface area contributed by atoms with Crippen molar-refractivity contribution in [3.05, 3.63) is 143 Å². The Morgan fingerprint density at radius 2 is 0.667 bits per heavy atom. The van der Waals surface area contributed by atoms with Crippen molar-refractivity contribution in [2.45, 2.75) is 111 Å². The predicted molar refractivity (Wildman–Crippen MR) is 240 cm³/mol. The lowest BCUT2D eigenvalue weighted by molar-refractivity contribution is -0.137. The summed E-state index contributed by atoms with van der Waals surface area (Å²) in [6, 6.07) is 30.1. The van der Waals surface area contributed by atoms with E-state index >= 15 is 22.0 Å². The van der Waals surface area contributed by atoms with Crippen molar-refractivity contribution >= 4 is 43.6 Å². The van der Waals surface area contributed by atoms with Crippen LogP contribution in [0.15, 0.2) is 103 Å². The Morgan fingerprint density at radius 3 is 0.917 bits per heavy atom. The van der Waals surface area contributed by atoms with Crippen molar-refractivity contribution < 1.29 is 22.0 Å². The van der Waals surface area contributed by atoms with Crippen LogP contribution < -0.4 is 0 Å². The molecule has 0 bridgehead atoms. The minimum Gasteiger partial charge on any atom is -0.309 e. The summed E-state index contributed by atoms with van der Waals surface area (Å²) in [5.41, 5.74) is 2.94. The molecule has 0 radical (unpaired) electrons. The summed E-state index contributed by atoms with van der Waals surface area (Å²) in [4.78, 5) is 0. The van der Waals surface area contributed by atoms with Gasteiger partial charge in [-0.15, -0.1) is 0 Å². The third-order valence-corrected chi connectivity index (χ3v) is 12.1. The van der Waals surface area contributed by atoms with Gasteiger partial charge in [-0.1, -0.05) is 138 Å². The Labute approximate surface area is 349 Å². The number of hydrogen-bond acceptors (Lipinski definition) is 0. The first-order valence-corrected chi connectivity index (χ1v) is 20.6. The van der Waals surface area contributed by atoms with Crippen LogP contribution in [0.2, 0.25) is 0 Å². The Morgan fingerprint density at radius 1 is 0.383 bits per heavy atom. The highest BCUT2D eigenvalue weighted by Gasteiger charge is 2.40. The largest absolute Gasteiger partial charge is 0.420 e. The molecule has 0 atom stereocenters. The van der Waals surface area contributed by atoms with Gasteiger partial charge in [-0.05, 0) is 98.0 Å². The molecule has 0 N–H and O–H groups in total. The van der Waals surface area contributed by atoms with Crippen molar-refractivity contribution in [1.29, 1.82) is 0 Å². The van der Waals surface area contributed by atoms with Gasteiger partial charge in [0.25, 0.3) is 0 Å². The zero-order valence-electron chi connectivity index (χ0n) is 36.6. The molecule has 0 fully saturated rings. The maximum Gasteiger partial charge on any atom is 0.420 e.